The van der Waals surface area contributed by atoms with Crippen LogP contribution in [0.1, 0.15) is 39.5 Å². The molecule has 68 valence electrons. The smallest absolute Gasteiger partial charge is 0.189 e. The van der Waals surface area contributed by atoms with Crippen LogP contribution in [0.25, 0.3) is 0 Å². The zero-order valence-electron chi connectivity index (χ0n) is 7.47. The molecule has 0 aliphatic heterocycles. The van der Waals surface area contributed by atoms with E-state index in [9.17, 15) is 4.57 Å². The third-order valence-corrected chi connectivity index (χ3v) is 2.87. The first-order chi connectivity index (χ1) is 5.16. The fourth-order valence-corrected chi connectivity index (χ4v) is 1.94. The van der Waals surface area contributed by atoms with Crippen LogP contribution in [-0.4, -0.2) is 11.1 Å². The van der Waals surface area contributed by atoms with Gasteiger partial charge in [-0.15, -0.1) is 0 Å². The Hall–Kier alpha value is 0.190. The Morgan fingerprint density at radius 3 is 2.55 bits per heavy atom. The third-order valence-electron chi connectivity index (χ3n) is 1.82. The molecular formula is C8H19O2P. The first kappa shape index (κ1) is 11.2. The summed E-state index contributed by atoms with van der Waals surface area (Å²) >= 11 is 0. The molecule has 0 amide bonds. The minimum Gasteiger partial charge on any atom is -0.346 e. The number of unbranched alkanes of at least 4 members (excludes halogenated alkanes) is 2. The van der Waals surface area contributed by atoms with Gasteiger partial charge in [-0.25, -0.2) is 0 Å². The molecule has 2 nitrogen and oxygen atoms in total. The highest BCUT2D eigenvalue weighted by Crippen LogP contribution is 2.21. The molecule has 0 bridgehead atoms. The Kier molecular flexibility index (Phi) is 6.99. The average molecular weight is 178 g/mol. The maximum Gasteiger partial charge on any atom is 0.189 e. The summed E-state index contributed by atoms with van der Waals surface area (Å²) in [6, 6.07) is 0. The Morgan fingerprint density at radius 2 is 2.09 bits per heavy atom. The summed E-state index contributed by atoms with van der Waals surface area (Å²) in [6.07, 6.45) is 5.28. The Balaban J connectivity index is 3.22. The van der Waals surface area contributed by atoms with Gasteiger partial charge in [0.15, 0.2) is 8.03 Å². The molecule has 0 aromatic heterocycles. The minimum absolute atomic E-state index is 0.429. The van der Waals surface area contributed by atoms with Gasteiger partial charge in [0, 0.05) is 6.16 Å². The van der Waals surface area contributed by atoms with Crippen LogP contribution in [0.5, 0.6) is 0 Å². The van der Waals surface area contributed by atoms with Crippen molar-refractivity contribution in [3.8, 4) is 0 Å². The molecule has 3 heteroatoms. The van der Waals surface area contributed by atoms with Gasteiger partial charge >= 0.3 is 0 Å². The van der Waals surface area contributed by atoms with Gasteiger partial charge < -0.3 is 4.89 Å². The molecule has 0 aromatic carbocycles. The molecule has 1 N–H and O–H groups in total. The van der Waals surface area contributed by atoms with Gasteiger partial charge in [0.1, 0.15) is 0 Å². The van der Waals surface area contributed by atoms with Crippen LogP contribution in [-0.2, 0) is 4.57 Å². The van der Waals surface area contributed by atoms with E-state index < -0.39 is 8.03 Å². The lowest BCUT2D eigenvalue weighted by molar-refractivity contribution is 0.475. The lowest BCUT2D eigenvalue weighted by atomic mass is 10.1. The highest BCUT2D eigenvalue weighted by molar-refractivity contribution is 7.37. The van der Waals surface area contributed by atoms with Gasteiger partial charge in [0.2, 0.25) is 0 Å². The van der Waals surface area contributed by atoms with E-state index in [0.29, 0.717) is 12.1 Å². The predicted molar refractivity (Wildman–Crippen MR) is 49.4 cm³/mol. The second-order valence-corrected chi connectivity index (χ2v) is 4.39. The summed E-state index contributed by atoms with van der Waals surface area (Å²) in [5.74, 6) is 0.429. The third kappa shape index (κ3) is 8.09. The SMILES string of the molecule is CCCCCC(C)C[PH](=O)O. The fourth-order valence-electron chi connectivity index (χ4n) is 1.14. The molecule has 0 radical (unpaired) electrons. The molecular weight excluding hydrogens is 159 g/mol. The van der Waals surface area contributed by atoms with Crippen molar-refractivity contribution in [2.75, 3.05) is 6.16 Å². The van der Waals surface area contributed by atoms with Crippen molar-refractivity contribution in [1.29, 1.82) is 0 Å². The second kappa shape index (κ2) is 6.87. The van der Waals surface area contributed by atoms with Crippen LogP contribution in [0.15, 0.2) is 0 Å². The molecule has 0 aromatic rings. The molecule has 0 heterocycles. The molecule has 2 atom stereocenters. The summed E-state index contributed by atoms with van der Waals surface area (Å²) in [5, 5.41) is 0. The highest BCUT2D eigenvalue weighted by atomic mass is 31.1. The fraction of sp³-hybridized carbons (Fsp3) is 1.00. The van der Waals surface area contributed by atoms with E-state index in [4.69, 9.17) is 4.89 Å². The van der Waals surface area contributed by atoms with Crippen LogP contribution >= 0.6 is 8.03 Å². The second-order valence-electron chi connectivity index (χ2n) is 3.20. The Bertz CT molecular complexity index is 115. The molecule has 0 fully saturated rings. The van der Waals surface area contributed by atoms with Crippen molar-refractivity contribution in [3.63, 3.8) is 0 Å². The summed E-state index contributed by atoms with van der Waals surface area (Å²) in [5.41, 5.74) is 0. The van der Waals surface area contributed by atoms with Crippen molar-refractivity contribution in [3.05, 3.63) is 0 Å². The van der Waals surface area contributed by atoms with E-state index in [1.165, 1.54) is 19.3 Å². The van der Waals surface area contributed by atoms with Crippen LogP contribution in [0.3, 0.4) is 0 Å². The monoisotopic (exact) mass is 178 g/mol. The van der Waals surface area contributed by atoms with Gasteiger partial charge in [-0.3, -0.25) is 4.57 Å². The maximum atomic E-state index is 10.4. The van der Waals surface area contributed by atoms with Crippen molar-refractivity contribution in [2.45, 2.75) is 39.5 Å². The van der Waals surface area contributed by atoms with Crippen molar-refractivity contribution < 1.29 is 9.46 Å². The lowest BCUT2D eigenvalue weighted by Crippen LogP contribution is -1.97. The molecule has 2 unspecified atom stereocenters. The molecule has 11 heavy (non-hydrogen) atoms. The van der Waals surface area contributed by atoms with Crippen LogP contribution in [0, 0.1) is 5.92 Å². The lowest BCUT2D eigenvalue weighted by Gasteiger charge is -2.07. The topological polar surface area (TPSA) is 37.3 Å². The zero-order valence-corrected chi connectivity index (χ0v) is 8.47. The maximum absolute atomic E-state index is 10.4. The predicted octanol–water partition coefficient (Wildman–Crippen LogP) is 2.67. The molecule has 0 aliphatic rings. The number of hydrogen-bond donors (Lipinski definition) is 1. The quantitative estimate of drug-likeness (QED) is 0.501. The van der Waals surface area contributed by atoms with Gasteiger partial charge in [-0.05, 0) is 5.92 Å². The summed E-state index contributed by atoms with van der Waals surface area (Å²) in [7, 11) is -2.22. The summed E-state index contributed by atoms with van der Waals surface area (Å²) in [6.45, 7) is 4.22. The molecule has 0 rings (SSSR count). The van der Waals surface area contributed by atoms with Crippen molar-refractivity contribution in [1.82, 2.24) is 0 Å². The minimum atomic E-state index is -2.22. The van der Waals surface area contributed by atoms with E-state index >= 15 is 0 Å². The van der Waals surface area contributed by atoms with Crippen molar-refractivity contribution >= 4 is 8.03 Å². The van der Waals surface area contributed by atoms with E-state index in [-0.39, 0.29) is 0 Å². The van der Waals surface area contributed by atoms with E-state index in [2.05, 4.69) is 13.8 Å². The zero-order chi connectivity index (χ0) is 8.69. The first-order valence-corrected chi connectivity index (χ1v) is 5.94. The van der Waals surface area contributed by atoms with E-state index in [0.717, 1.165) is 6.42 Å². The standard InChI is InChI=1S/C8H19O2P/c1-3-4-5-6-8(2)7-11(9)10/h8,11H,3-7H2,1-2H3,(H,9,10). The number of hydrogen-bond acceptors (Lipinski definition) is 1. The molecule has 0 spiro atoms. The van der Waals surface area contributed by atoms with Crippen molar-refractivity contribution in [2.24, 2.45) is 5.92 Å². The summed E-state index contributed by atoms with van der Waals surface area (Å²) in [4.78, 5) is 8.63. The van der Waals surface area contributed by atoms with Crippen LogP contribution in [0.4, 0.5) is 0 Å². The van der Waals surface area contributed by atoms with Gasteiger partial charge in [-0.1, -0.05) is 39.5 Å². The average Bonchev–Trinajstić information content (AvgIpc) is 1.86. The van der Waals surface area contributed by atoms with Gasteiger partial charge in [0.25, 0.3) is 0 Å². The molecule has 0 saturated carbocycles. The molecule has 0 aliphatic carbocycles. The number of rotatable bonds is 6. The molecule has 0 saturated heterocycles. The van der Waals surface area contributed by atoms with Gasteiger partial charge in [0.05, 0.1) is 0 Å². The largest absolute Gasteiger partial charge is 0.346 e. The van der Waals surface area contributed by atoms with E-state index in [1.54, 1.807) is 0 Å². The normalized spacial score (nSPS) is 16.3. The first-order valence-electron chi connectivity index (χ1n) is 4.38. The highest BCUT2D eigenvalue weighted by Gasteiger charge is 2.03. The summed E-state index contributed by atoms with van der Waals surface area (Å²) < 4.78 is 10.4. The Labute approximate surface area is 69.9 Å². The Morgan fingerprint density at radius 1 is 1.45 bits per heavy atom. The van der Waals surface area contributed by atoms with Crippen LogP contribution in [0.2, 0.25) is 0 Å². The van der Waals surface area contributed by atoms with Gasteiger partial charge in [-0.2, -0.15) is 0 Å². The van der Waals surface area contributed by atoms with Crippen LogP contribution < -0.4 is 0 Å². The van der Waals surface area contributed by atoms with E-state index in [1.807, 2.05) is 0 Å².